The van der Waals surface area contributed by atoms with Crippen molar-refractivity contribution in [1.29, 1.82) is 0 Å². The molecule has 226 valence electrons. The topological polar surface area (TPSA) is 129 Å². The van der Waals surface area contributed by atoms with E-state index in [1.54, 1.807) is 16.4 Å². The van der Waals surface area contributed by atoms with Gasteiger partial charge in [-0.25, -0.2) is 16.8 Å². The average molecular weight is 656 g/mol. The van der Waals surface area contributed by atoms with Crippen molar-refractivity contribution in [3.05, 3.63) is 70.4 Å². The molecule has 0 radical (unpaired) electrons. The molecule has 4 unspecified atom stereocenters. The highest BCUT2D eigenvalue weighted by Gasteiger charge is 2.47. The fraction of sp³-hybridized carbons (Fsp3) is 0.448. The van der Waals surface area contributed by atoms with E-state index >= 15 is 0 Å². The van der Waals surface area contributed by atoms with E-state index in [1.165, 1.54) is 40.7 Å². The summed E-state index contributed by atoms with van der Waals surface area (Å²) in [6, 6.07) is 11.0. The Labute approximate surface area is 256 Å². The van der Waals surface area contributed by atoms with Gasteiger partial charge in [-0.15, -0.1) is 0 Å². The number of aliphatic hydroxyl groups is 1. The van der Waals surface area contributed by atoms with Crippen LogP contribution in [0.25, 0.3) is 0 Å². The second-order valence-electron chi connectivity index (χ2n) is 11.1. The van der Waals surface area contributed by atoms with Gasteiger partial charge in [0.1, 0.15) is 5.78 Å². The lowest BCUT2D eigenvalue weighted by Crippen LogP contribution is -2.56. The quantitative estimate of drug-likeness (QED) is 0.351. The number of nitrogens with zero attached hydrogens (tertiary/aromatic N) is 2. The van der Waals surface area contributed by atoms with Crippen molar-refractivity contribution in [2.75, 3.05) is 0 Å². The summed E-state index contributed by atoms with van der Waals surface area (Å²) in [6.07, 6.45) is 6.17. The number of carbonyl (C=O) groups excluding carboxylic acids is 2. The third kappa shape index (κ3) is 6.05. The van der Waals surface area contributed by atoms with Gasteiger partial charge < -0.3 is 5.11 Å². The number of halogens is 2. The van der Waals surface area contributed by atoms with Crippen molar-refractivity contribution in [3.63, 3.8) is 0 Å². The molecule has 2 aromatic rings. The van der Waals surface area contributed by atoms with Crippen LogP contribution >= 0.6 is 23.2 Å². The molecule has 4 bridgehead atoms. The van der Waals surface area contributed by atoms with E-state index in [2.05, 4.69) is 0 Å². The smallest absolute Gasteiger partial charge is 0.243 e. The van der Waals surface area contributed by atoms with E-state index in [4.69, 9.17) is 23.2 Å². The molecule has 0 spiro atoms. The third-order valence-electron chi connectivity index (χ3n) is 8.42. The predicted octanol–water partition coefficient (Wildman–Crippen LogP) is 5.28. The van der Waals surface area contributed by atoms with Gasteiger partial charge in [-0.3, -0.25) is 9.59 Å². The summed E-state index contributed by atoms with van der Waals surface area (Å²) in [5.41, 5.74) is 0.188. The second kappa shape index (κ2) is 12.4. The zero-order chi connectivity index (χ0) is 30.2. The predicted molar refractivity (Wildman–Crippen MR) is 158 cm³/mol. The van der Waals surface area contributed by atoms with Crippen molar-refractivity contribution in [2.24, 2.45) is 0 Å². The van der Waals surface area contributed by atoms with Crippen LogP contribution in [-0.4, -0.2) is 66.3 Å². The van der Waals surface area contributed by atoms with Crippen LogP contribution in [0.2, 0.25) is 10.0 Å². The summed E-state index contributed by atoms with van der Waals surface area (Å²) in [5.74, 6) is 0.0158. The Hall–Kier alpha value is -2.28. The van der Waals surface area contributed by atoms with Gasteiger partial charge >= 0.3 is 0 Å². The number of rotatable bonds is 4. The summed E-state index contributed by atoms with van der Waals surface area (Å²) >= 11 is 11.6. The Bertz CT molecular complexity index is 1580. The molecule has 6 rings (SSSR count). The molecule has 0 aliphatic carbocycles. The number of ketones is 2. The molecule has 0 aromatic heterocycles. The van der Waals surface area contributed by atoms with Gasteiger partial charge in [-0.2, -0.15) is 8.61 Å². The molecule has 4 atom stereocenters. The Morgan fingerprint density at radius 3 is 1.57 bits per heavy atom. The largest absolute Gasteiger partial charge is 0.515 e. The first kappa shape index (κ1) is 31.2. The second-order valence-corrected chi connectivity index (χ2v) is 15.6. The van der Waals surface area contributed by atoms with Gasteiger partial charge in [-0.05, 0) is 80.6 Å². The number of hydrogen-bond donors (Lipinski definition) is 1. The van der Waals surface area contributed by atoms with Gasteiger partial charge in [-0.1, -0.05) is 29.6 Å². The van der Waals surface area contributed by atoms with E-state index < -0.39 is 26.1 Å². The lowest BCUT2D eigenvalue weighted by molar-refractivity contribution is -0.124. The van der Waals surface area contributed by atoms with E-state index in [0.29, 0.717) is 35.7 Å². The number of fused-ring (bicyclic) bond motifs is 4. The number of hydrogen-bond acceptors (Lipinski definition) is 7. The van der Waals surface area contributed by atoms with Crippen molar-refractivity contribution >= 4 is 54.8 Å². The molecule has 4 fully saturated rings. The van der Waals surface area contributed by atoms with Crippen LogP contribution in [0.4, 0.5) is 0 Å². The lowest BCUT2D eigenvalue weighted by atomic mass is 9.83. The molecule has 42 heavy (non-hydrogen) atoms. The van der Waals surface area contributed by atoms with Crippen LogP contribution in [0.5, 0.6) is 0 Å². The third-order valence-corrected chi connectivity index (χ3v) is 12.9. The maximum absolute atomic E-state index is 12.9. The SMILES string of the molecule is O=C1CC2CCCC(C1)N2S(=O)(=O)c1ccc(Cl)cc1.O=C1CC2CCCC(C1=CO)N2S(=O)(=O)c1ccc(Cl)cc1. The highest BCUT2D eigenvalue weighted by Crippen LogP contribution is 2.40. The zero-order valence-electron chi connectivity index (χ0n) is 22.7. The summed E-state index contributed by atoms with van der Waals surface area (Å²) in [4.78, 5) is 24.1. The Balaban J connectivity index is 0.000000169. The molecule has 0 saturated carbocycles. The summed E-state index contributed by atoms with van der Waals surface area (Å²) in [6.45, 7) is 0. The molecule has 9 nitrogen and oxygen atoms in total. The van der Waals surface area contributed by atoms with Crippen molar-refractivity contribution in [1.82, 2.24) is 8.61 Å². The fourth-order valence-electron chi connectivity index (χ4n) is 6.56. The molecular formula is C29H32Cl2N2O7S2. The van der Waals surface area contributed by atoms with E-state index in [0.717, 1.165) is 31.9 Å². The van der Waals surface area contributed by atoms with Crippen LogP contribution in [0.15, 0.2) is 70.2 Å². The molecule has 4 aliphatic heterocycles. The highest BCUT2D eigenvalue weighted by atomic mass is 35.5. The first-order valence-corrected chi connectivity index (χ1v) is 17.5. The molecule has 4 aliphatic rings. The summed E-state index contributed by atoms with van der Waals surface area (Å²) in [5, 5.41) is 10.3. The molecular weight excluding hydrogens is 623 g/mol. The van der Waals surface area contributed by atoms with Gasteiger partial charge in [0.2, 0.25) is 20.0 Å². The van der Waals surface area contributed by atoms with Crippen molar-refractivity contribution in [2.45, 2.75) is 91.7 Å². The summed E-state index contributed by atoms with van der Waals surface area (Å²) < 4.78 is 54.4. The lowest BCUT2D eigenvalue weighted by Gasteiger charge is -2.44. The minimum atomic E-state index is -3.73. The molecule has 4 saturated heterocycles. The Kier molecular flexibility index (Phi) is 9.18. The highest BCUT2D eigenvalue weighted by molar-refractivity contribution is 7.89. The molecule has 13 heteroatoms. The normalized spacial score (nSPS) is 27.8. The maximum atomic E-state index is 12.9. The molecule has 4 heterocycles. The number of Topliss-reactive ketones (excluding diaryl/α,β-unsaturated/α-hetero) is 2. The number of carbonyl (C=O) groups is 2. The number of aliphatic hydroxyl groups excluding tert-OH is 1. The summed E-state index contributed by atoms with van der Waals surface area (Å²) in [7, 11) is -7.27. The molecule has 2 aromatic carbocycles. The Morgan fingerprint density at radius 2 is 1.10 bits per heavy atom. The minimum absolute atomic E-state index is 0.121. The van der Waals surface area contributed by atoms with Gasteiger partial charge in [0.15, 0.2) is 5.78 Å². The number of piperidine rings is 4. The van der Waals surface area contributed by atoms with Crippen LogP contribution < -0.4 is 0 Å². The first-order valence-electron chi connectivity index (χ1n) is 13.9. The minimum Gasteiger partial charge on any atom is -0.515 e. The molecule has 0 amide bonds. The van der Waals surface area contributed by atoms with Crippen molar-refractivity contribution < 1.29 is 31.5 Å². The Morgan fingerprint density at radius 1 is 0.667 bits per heavy atom. The van der Waals surface area contributed by atoms with Crippen LogP contribution in [-0.2, 0) is 29.6 Å². The average Bonchev–Trinajstić information content (AvgIpc) is 2.93. The van der Waals surface area contributed by atoms with Gasteiger partial charge in [0, 0.05) is 53.0 Å². The molecule has 1 N–H and O–H groups in total. The van der Waals surface area contributed by atoms with Crippen molar-refractivity contribution in [3.8, 4) is 0 Å². The fourth-order valence-corrected chi connectivity index (χ4v) is 10.5. The van der Waals surface area contributed by atoms with Crippen LogP contribution in [0.1, 0.15) is 57.8 Å². The van der Waals surface area contributed by atoms with E-state index in [-0.39, 0.29) is 51.5 Å². The van der Waals surface area contributed by atoms with Gasteiger partial charge in [0.05, 0.1) is 22.1 Å². The standard InChI is InChI=1S/C15H16ClNO4S.C14H16ClNO3S/c16-10-4-6-12(7-5-10)22(20,21)17-11-2-1-3-14(17)13(9-18)15(19)8-11;15-10-4-6-14(7-5-10)20(18,19)16-11-2-1-3-12(16)9-13(17)8-11/h4-7,9,11,14,18H,1-3,8H2;4-7,11-12H,1-3,8-9H2. The number of sulfonamides is 2. The maximum Gasteiger partial charge on any atom is 0.243 e. The van der Waals surface area contributed by atoms with Gasteiger partial charge in [0.25, 0.3) is 0 Å². The van der Waals surface area contributed by atoms with Crippen LogP contribution in [0, 0.1) is 0 Å². The zero-order valence-corrected chi connectivity index (χ0v) is 25.9. The number of benzene rings is 2. The van der Waals surface area contributed by atoms with E-state index in [9.17, 15) is 31.5 Å². The van der Waals surface area contributed by atoms with Crippen LogP contribution in [0.3, 0.4) is 0 Å². The van der Waals surface area contributed by atoms with E-state index in [1.807, 2.05) is 0 Å². The monoisotopic (exact) mass is 654 g/mol. The first-order chi connectivity index (χ1) is 19.9.